The van der Waals surface area contributed by atoms with Crippen LogP contribution in [0, 0.1) is 0 Å². The van der Waals surface area contributed by atoms with Gasteiger partial charge in [0.1, 0.15) is 0 Å². The van der Waals surface area contributed by atoms with Crippen LogP contribution in [0.3, 0.4) is 0 Å². The molecule has 0 radical (unpaired) electrons. The minimum atomic E-state index is 0.0563. The van der Waals surface area contributed by atoms with Gasteiger partial charge in [0.15, 0.2) is 5.69 Å². The first kappa shape index (κ1) is 14.5. The van der Waals surface area contributed by atoms with E-state index in [0.717, 1.165) is 62.6 Å². The summed E-state index contributed by atoms with van der Waals surface area (Å²) in [5.41, 5.74) is 3.86. The van der Waals surface area contributed by atoms with Gasteiger partial charge < -0.3 is 14.2 Å². The summed E-state index contributed by atoms with van der Waals surface area (Å²) < 4.78 is 5.12. The Hall–Kier alpha value is -2.12. The third-order valence-electron chi connectivity index (χ3n) is 4.70. The molecular formula is C16H21N5O2. The predicted molar refractivity (Wildman–Crippen MR) is 83.6 cm³/mol. The van der Waals surface area contributed by atoms with Gasteiger partial charge in [-0.05, 0) is 13.1 Å². The summed E-state index contributed by atoms with van der Waals surface area (Å²) in [6.07, 6.45) is 3.45. The quantitative estimate of drug-likeness (QED) is 0.912. The van der Waals surface area contributed by atoms with Gasteiger partial charge in [-0.1, -0.05) is 0 Å². The first-order chi connectivity index (χ1) is 11.2. The Morgan fingerprint density at radius 1 is 1.30 bits per heavy atom. The molecule has 122 valence electrons. The van der Waals surface area contributed by atoms with E-state index >= 15 is 0 Å². The summed E-state index contributed by atoms with van der Waals surface area (Å²) in [6, 6.07) is 1.97. The molecule has 1 N–H and O–H groups in total. The van der Waals surface area contributed by atoms with E-state index in [1.807, 2.05) is 11.0 Å². The molecule has 1 amide bonds. The number of hydrogen-bond donors (Lipinski definition) is 1. The average molecular weight is 315 g/mol. The van der Waals surface area contributed by atoms with E-state index < -0.39 is 0 Å². The van der Waals surface area contributed by atoms with Crippen LogP contribution in [0.4, 0.5) is 0 Å². The van der Waals surface area contributed by atoms with Crippen LogP contribution in [0.2, 0.25) is 0 Å². The molecule has 0 bridgehead atoms. The third kappa shape index (κ3) is 2.77. The van der Waals surface area contributed by atoms with E-state index in [1.54, 1.807) is 12.5 Å². The molecule has 7 heteroatoms. The van der Waals surface area contributed by atoms with Crippen molar-refractivity contribution in [3.63, 3.8) is 0 Å². The van der Waals surface area contributed by atoms with Crippen molar-refractivity contribution in [2.24, 2.45) is 0 Å². The Morgan fingerprint density at radius 3 is 2.87 bits per heavy atom. The number of piperazine rings is 1. The molecule has 2 aliphatic heterocycles. The normalized spacial score (nSPS) is 19.3. The number of fused-ring (bicyclic) bond motifs is 1. The second-order valence-electron chi connectivity index (χ2n) is 6.40. The molecule has 1 fully saturated rings. The predicted octanol–water partition coefficient (Wildman–Crippen LogP) is 0.906. The highest BCUT2D eigenvalue weighted by Crippen LogP contribution is 2.26. The van der Waals surface area contributed by atoms with E-state index in [-0.39, 0.29) is 5.91 Å². The van der Waals surface area contributed by atoms with E-state index in [4.69, 9.17) is 4.42 Å². The zero-order chi connectivity index (χ0) is 15.8. The third-order valence-corrected chi connectivity index (χ3v) is 4.70. The van der Waals surface area contributed by atoms with Gasteiger partial charge in [-0.15, -0.1) is 0 Å². The van der Waals surface area contributed by atoms with Crippen molar-refractivity contribution in [3.05, 3.63) is 41.1 Å². The summed E-state index contributed by atoms with van der Waals surface area (Å²) >= 11 is 0. The zero-order valence-corrected chi connectivity index (χ0v) is 13.3. The van der Waals surface area contributed by atoms with E-state index in [9.17, 15) is 4.79 Å². The topological polar surface area (TPSA) is 68.6 Å². The van der Waals surface area contributed by atoms with Crippen molar-refractivity contribution in [1.29, 1.82) is 0 Å². The average Bonchev–Trinajstić information content (AvgIpc) is 3.25. The molecule has 0 aliphatic carbocycles. The molecule has 2 aromatic heterocycles. The van der Waals surface area contributed by atoms with Crippen LogP contribution in [0.15, 0.2) is 23.0 Å². The van der Waals surface area contributed by atoms with Crippen molar-refractivity contribution in [2.75, 3.05) is 33.2 Å². The van der Waals surface area contributed by atoms with E-state index in [0.29, 0.717) is 5.69 Å². The number of amides is 1. The second-order valence-corrected chi connectivity index (χ2v) is 6.40. The number of aromatic amines is 1. The maximum Gasteiger partial charge on any atom is 0.274 e. The maximum atomic E-state index is 12.7. The number of carbonyl (C=O) groups excluding carboxylic acids is 1. The van der Waals surface area contributed by atoms with Crippen LogP contribution < -0.4 is 0 Å². The Labute approximate surface area is 134 Å². The van der Waals surface area contributed by atoms with Gasteiger partial charge in [0.2, 0.25) is 0 Å². The van der Waals surface area contributed by atoms with Crippen molar-refractivity contribution in [3.8, 4) is 0 Å². The fourth-order valence-electron chi connectivity index (χ4n) is 3.29. The minimum absolute atomic E-state index is 0.0563. The lowest BCUT2D eigenvalue weighted by molar-refractivity contribution is 0.0656. The number of nitrogens with one attached hydrogen (secondary N) is 1. The molecule has 2 aliphatic rings. The molecule has 1 saturated heterocycles. The molecule has 2 aromatic rings. The molecule has 0 unspecified atom stereocenters. The van der Waals surface area contributed by atoms with Crippen molar-refractivity contribution in [1.82, 2.24) is 24.9 Å². The van der Waals surface area contributed by atoms with Crippen LogP contribution in [0.1, 0.15) is 27.3 Å². The lowest BCUT2D eigenvalue weighted by Crippen LogP contribution is -2.47. The molecule has 23 heavy (non-hydrogen) atoms. The highest BCUT2D eigenvalue weighted by molar-refractivity contribution is 5.94. The molecule has 7 nitrogen and oxygen atoms in total. The van der Waals surface area contributed by atoms with Crippen LogP contribution in [-0.2, 0) is 19.6 Å². The van der Waals surface area contributed by atoms with Crippen LogP contribution in [0.5, 0.6) is 0 Å². The monoisotopic (exact) mass is 315 g/mol. The summed E-state index contributed by atoms with van der Waals surface area (Å²) in [5, 5.41) is 7.34. The Kier molecular flexibility index (Phi) is 3.66. The first-order valence-corrected chi connectivity index (χ1v) is 7.98. The largest absolute Gasteiger partial charge is 0.472 e. The van der Waals surface area contributed by atoms with Gasteiger partial charge in [-0.3, -0.25) is 14.8 Å². The number of H-pyrrole nitrogens is 1. The number of rotatable bonds is 3. The van der Waals surface area contributed by atoms with Crippen molar-refractivity contribution in [2.45, 2.75) is 19.6 Å². The van der Waals surface area contributed by atoms with Gasteiger partial charge in [0.25, 0.3) is 5.91 Å². The summed E-state index contributed by atoms with van der Waals surface area (Å²) in [4.78, 5) is 19.2. The highest BCUT2D eigenvalue weighted by atomic mass is 16.3. The fraction of sp³-hybridized carbons (Fsp3) is 0.500. The van der Waals surface area contributed by atoms with Gasteiger partial charge in [0, 0.05) is 56.9 Å². The summed E-state index contributed by atoms with van der Waals surface area (Å²) in [7, 11) is 2.09. The molecule has 0 atom stereocenters. The SMILES string of the molecule is CN1CCN(C(=O)c2n[nH]c3c2CN(Cc2ccoc2)C3)CC1. The number of carbonyl (C=O) groups is 1. The zero-order valence-electron chi connectivity index (χ0n) is 13.3. The van der Waals surface area contributed by atoms with Gasteiger partial charge in [0.05, 0.1) is 18.2 Å². The van der Waals surface area contributed by atoms with Gasteiger partial charge in [-0.25, -0.2) is 0 Å². The summed E-state index contributed by atoms with van der Waals surface area (Å²) in [6.45, 7) is 5.76. The number of furan rings is 1. The Bertz CT molecular complexity index is 685. The highest BCUT2D eigenvalue weighted by Gasteiger charge is 2.31. The fourth-order valence-corrected chi connectivity index (χ4v) is 3.29. The molecule has 0 saturated carbocycles. The summed E-state index contributed by atoms with van der Waals surface area (Å²) in [5.74, 6) is 0.0563. The van der Waals surface area contributed by atoms with Crippen molar-refractivity contribution >= 4 is 5.91 Å². The Morgan fingerprint density at radius 2 is 2.13 bits per heavy atom. The van der Waals surface area contributed by atoms with E-state index in [1.165, 1.54) is 0 Å². The van der Waals surface area contributed by atoms with Crippen LogP contribution in [0.25, 0.3) is 0 Å². The minimum Gasteiger partial charge on any atom is -0.472 e. The van der Waals surface area contributed by atoms with Gasteiger partial charge >= 0.3 is 0 Å². The van der Waals surface area contributed by atoms with Crippen LogP contribution in [-0.4, -0.2) is 64.0 Å². The molecule has 4 heterocycles. The lowest BCUT2D eigenvalue weighted by atomic mass is 10.2. The number of likely N-dealkylation sites (N-methyl/N-ethyl adjacent to an activating group) is 1. The van der Waals surface area contributed by atoms with E-state index in [2.05, 4.69) is 27.0 Å². The molecule has 0 aromatic carbocycles. The molecule has 0 spiro atoms. The second kappa shape index (κ2) is 5.82. The number of hydrogen-bond acceptors (Lipinski definition) is 5. The number of aromatic nitrogens is 2. The molecule has 4 rings (SSSR count). The lowest BCUT2D eigenvalue weighted by Gasteiger charge is -2.32. The molecular weight excluding hydrogens is 294 g/mol. The van der Waals surface area contributed by atoms with Gasteiger partial charge in [-0.2, -0.15) is 5.10 Å². The first-order valence-electron chi connectivity index (χ1n) is 7.98. The Balaban J connectivity index is 1.46. The number of nitrogens with zero attached hydrogens (tertiary/aromatic N) is 4. The van der Waals surface area contributed by atoms with Crippen LogP contribution >= 0.6 is 0 Å². The smallest absolute Gasteiger partial charge is 0.274 e. The maximum absolute atomic E-state index is 12.7. The standard InChI is InChI=1S/C16H21N5O2/c1-19-3-5-21(6-4-19)16(22)15-13-9-20(10-14(13)17-18-15)8-12-2-7-23-11-12/h2,7,11H,3-6,8-10H2,1H3,(H,17,18). The van der Waals surface area contributed by atoms with Crippen molar-refractivity contribution < 1.29 is 9.21 Å².